The van der Waals surface area contributed by atoms with Crippen LogP contribution in [0, 0.1) is 13.8 Å². The Balaban J connectivity index is 1.70. The number of hydrogen-bond donors (Lipinski definition) is 1. The molecule has 9 heteroatoms. The minimum atomic E-state index is -4.62. The zero-order valence-electron chi connectivity index (χ0n) is 16.3. The molecular formula is C20H22F3N5O. The molecule has 0 aliphatic carbocycles. The predicted octanol–water partition coefficient (Wildman–Crippen LogP) is 3.92. The van der Waals surface area contributed by atoms with Crippen molar-refractivity contribution in [1.82, 2.24) is 19.6 Å². The summed E-state index contributed by atoms with van der Waals surface area (Å²) in [6.07, 6.45) is -2.98. The van der Waals surface area contributed by atoms with E-state index >= 15 is 0 Å². The van der Waals surface area contributed by atoms with Crippen molar-refractivity contribution in [2.75, 3.05) is 25.1 Å². The Hall–Kier alpha value is -2.68. The second-order valence-corrected chi connectivity index (χ2v) is 7.49. The van der Waals surface area contributed by atoms with E-state index in [9.17, 15) is 13.2 Å². The van der Waals surface area contributed by atoms with Crippen LogP contribution in [0.25, 0.3) is 5.78 Å². The Morgan fingerprint density at radius 2 is 1.86 bits per heavy atom. The molecular weight excluding hydrogens is 383 g/mol. The van der Waals surface area contributed by atoms with Crippen LogP contribution < -0.4 is 5.32 Å². The highest BCUT2D eigenvalue weighted by Gasteiger charge is 2.38. The third kappa shape index (κ3) is 3.78. The van der Waals surface area contributed by atoms with Crippen molar-refractivity contribution in [2.24, 2.45) is 0 Å². The number of aryl methyl sites for hydroxylation is 2. The standard InChI is InChI=1S/C20H22F3N5O/c1-13-5-3-4-6-15(13)19(7-9-29-10-8-19)12-24-16-11-14(2)25-18-26-17(20(21,22)23)27-28(16)18/h3-6,11,24H,7-10,12H2,1-2H3. The fourth-order valence-corrected chi connectivity index (χ4v) is 3.96. The summed E-state index contributed by atoms with van der Waals surface area (Å²) in [6.45, 7) is 5.62. The molecule has 3 aromatic rings. The Labute approximate surface area is 166 Å². The minimum absolute atomic E-state index is 0.0725. The Kier molecular flexibility index (Phi) is 4.94. The number of benzene rings is 1. The second-order valence-electron chi connectivity index (χ2n) is 7.49. The van der Waals surface area contributed by atoms with Gasteiger partial charge < -0.3 is 10.1 Å². The number of alkyl halides is 3. The molecule has 1 aliphatic rings. The summed E-state index contributed by atoms with van der Waals surface area (Å²) in [5, 5.41) is 6.96. The van der Waals surface area contributed by atoms with Crippen LogP contribution in [0.1, 0.15) is 35.5 Å². The van der Waals surface area contributed by atoms with E-state index in [-0.39, 0.29) is 11.2 Å². The topological polar surface area (TPSA) is 64.3 Å². The molecule has 6 nitrogen and oxygen atoms in total. The van der Waals surface area contributed by atoms with Gasteiger partial charge in [0.25, 0.3) is 11.6 Å². The number of rotatable bonds is 4. The maximum Gasteiger partial charge on any atom is 0.453 e. The molecule has 3 heterocycles. The third-order valence-electron chi connectivity index (χ3n) is 5.47. The van der Waals surface area contributed by atoms with Gasteiger partial charge in [-0.05, 0) is 37.8 Å². The predicted molar refractivity (Wildman–Crippen MR) is 102 cm³/mol. The monoisotopic (exact) mass is 405 g/mol. The number of ether oxygens (including phenoxy) is 1. The Bertz CT molecular complexity index is 1020. The molecule has 154 valence electrons. The summed E-state index contributed by atoms with van der Waals surface area (Å²) in [4.78, 5) is 7.63. The highest BCUT2D eigenvalue weighted by molar-refractivity contribution is 5.47. The molecule has 0 radical (unpaired) electrons. The van der Waals surface area contributed by atoms with Crippen molar-refractivity contribution in [3.63, 3.8) is 0 Å². The molecule has 0 atom stereocenters. The summed E-state index contributed by atoms with van der Waals surface area (Å²) in [5.74, 6) is -0.829. The van der Waals surface area contributed by atoms with Crippen molar-refractivity contribution >= 4 is 11.6 Å². The van der Waals surface area contributed by atoms with Gasteiger partial charge in [0.2, 0.25) is 0 Å². The zero-order chi connectivity index (χ0) is 20.6. The van der Waals surface area contributed by atoms with E-state index in [2.05, 4.69) is 39.4 Å². The largest absolute Gasteiger partial charge is 0.453 e. The van der Waals surface area contributed by atoms with Crippen LogP contribution in [-0.4, -0.2) is 39.3 Å². The van der Waals surface area contributed by atoms with Crippen LogP contribution in [0.4, 0.5) is 19.0 Å². The summed E-state index contributed by atoms with van der Waals surface area (Å²) < 4.78 is 45.9. The first-order valence-corrected chi connectivity index (χ1v) is 9.48. The summed E-state index contributed by atoms with van der Waals surface area (Å²) in [6, 6.07) is 9.90. The lowest BCUT2D eigenvalue weighted by atomic mass is 9.72. The molecule has 1 aromatic carbocycles. The van der Waals surface area contributed by atoms with Gasteiger partial charge >= 0.3 is 6.18 Å². The molecule has 0 saturated carbocycles. The van der Waals surface area contributed by atoms with Crippen LogP contribution in [0.3, 0.4) is 0 Å². The van der Waals surface area contributed by atoms with Gasteiger partial charge in [-0.25, -0.2) is 4.98 Å². The molecule has 1 N–H and O–H groups in total. The highest BCUT2D eigenvalue weighted by Crippen LogP contribution is 2.37. The van der Waals surface area contributed by atoms with Crippen LogP contribution in [0.2, 0.25) is 0 Å². The maximum absolute atomic E-state index is 13.1. The van der Waals surface area contributed by atoms with Gasteiger partial charge in [0.15, 0.2) is 0 Å². The molecule has 1 aliphatic heterocycles. The molecule has 0 unspecified atom stereocenters. The summed E-state index contributed by atoms with van der Waals surface area (Å²) >= 11 is 0. The van der Waals surface area contributed by atoms with E-state index in [1.54, 1.807) is 13.0 Å². The normalized spacial score (nSPS) is 16.9. The van der Waals surface area contributed by atoms with Crippen molar-refractivity contribution in [3.05, 3.63) is 53.0 Å². The lowest BCUT2D eigenvalue weighted by Crippen LogP contribution is -2.41. The van der Waals surface area contributed by atoms with Crippen molar-refractivity contribution in [2.45, 2.75) is 38.3 Å². The molecule has 0 amide bonds. The van der Waals surface area contributed by atoms with Gasteiger partial charge in [-0.1, -0.05) is 24.3 Å². The number of nitrogens with one attached hydrogen (secondary N) is 1. The van der Waals surface area contributed by atoms with Gasteiger partial charge in [-0.3, -0.25) is 0 Å². The fraction of sp³-hybridized carbons (Fsp3) is 0.450. The molecule has 1 saturated heterocycles. The number of hydrogen-bond acceptors (Lipinski definition) is 5. The number of aromatic nitrogens is 4. The highest BCUT2D eigenvalue weighted by atomic mass is 19.4. The molecule has 0 spiro atoms. The fourth-order valence-electron chi connectivity index (χ4n) is 3.96. The minimum Gasteiger partial charge on any atom is -0.381 e. The molecule has 4 rings (SSSR count). The van der Waals surface area contributed by atoms with Crippen LogP contribution >= 0.6 is 0 Å². The SMILES string of the molecule is Cc1cc(NCC2(c3ccccc3C)CCOCC2)n2nc(C(F)(F)F)nc2n1. The van der Waals surface area contributed by atoms with Gasteiger partial charge in [0, 0.05) is 36.9 Å². The first-order chi connectivity index (χ1) is 13.8. The summed E-state index contributed by atoms with van der Waals surface area (Å²) in [7, 11) is 0. The first kappa shape index (κ1) is 19.6. The zero-order valence-corrected chi connectivity index (χ0v) is 16.3. The van der Waals surface area contributed by atoms with E-state index in [4.69, 9.17) is 4.74 Å². The lowest BCUT2D eigenvalue weighted by molar-refractivity contribution is -0.144. The average Bonchev–Trinajstić information content (AvgIpc) is 3.12. The maximum atomic E-state index is 13.1. The third-order valence-corrected chi connectivity index (χ3v) is 5.47. The Morgan fingerprint density at radius 3 is 2.55 bits per heavy atom. The average molecular weight is 405 g/mol. The quantitative estimate of drug-likeness (QED) is 0.713. The van der Waals surface area contributed by atoms with Crippen molar-refractivity contribution in [1.29, 1.82) is 0 Å². The molecule has 0 bridgehead atoms. The Morgan fingerprint density at radius 1 is 1.14 bits per heavy atom. The number of nitrogens with zero attached hydrogens (tertiary/aromatic N) is 4. The van der Waals surface area contributed by atoms with E-state index < -0.39 is 12.0 Å². The van der Waals surface area contributed by atoms with Gasteiger partial charge in [-0.15, -0.1) is 5.10 Å². The van der Waals surface area contributed by atoms with Gasteiger partial charge in [0.1, 0.15) is 5.82 Å². The van der Waals surface area contributed by atoms with E-state index in [0.717, 1.165) is 17.4 Å². The molecule has 1 fully saturated rings. The smallest absolute Gasteiger partial charge is 0.381 e. The first-order valence-electron chi connectivity index (χ1n) is 9.48. The lowest BCUT2D eigenvalue weighted by Gasteiger charge is -2.39. The van der Waals surface area contributed by atoms with E-state index in [1.807, 2.05) is 12.1 Å². The van der Waals surface area contributed by atoms with Crippen LogP contribution in [-0.2, 0) is 16.3 Å². The van der Waals surface area contributed by atoms with Gasteiger partial charge in [-0.2, -0.15) is 22.7 Å². The summed E-state index contributed by atoms with van der Waals surface area (Å²) in [5.41, 5.74) is 2.80. The molecule has 2 aromatic heterocycles. The van der Waals surface area contributed by atoms with Crippen LogP contribution in [0.5, 0.6) is 0 Å². The second kappa shape index (κ2) is 7.29. The van der Waals surface area contributed by atoms with E-state index in [1.165, 1.54) is 11.1 Å². The number of fused-ring (bicyclic) bond motifs is 1. The van der Waals surface area contributed by atoms with Gasteiger partial charge in [0.05, 0.1) is 0 Å². The van der Waals surface area contributed by atoms with Crippen LogP contribution in [0.15, 0.2) is 30.3 Å². The van der Waals surface area contributed by atoms with E-state index in [0.29, 0.717) is 31.3 Å². The van der Waals surface area contributed by atoms with Crippen molar-refractivity contribution < 1.29 is 17.9 Å². The van der Waals surface area contributed by atoms with Crippen molar-refractivity contribution in [3.8, 4) is 0 Å². The number of anilines is 1. The molecule has 29 heavy (non-hydrogen) atoms. The number of halogens is 3.